The van der Waals surface area contributed by atoms with E-state index in [9.17, 15) is 9.18 Å². The zero-order valence-electron chi connectivity index (χ0n) is 15.0. The van der Waals surface area contributed by atoms with Gasteiger partial charge in [-0.15, -0.1) is 0 Å². The molecule has 4 aromatic rings. The Hall–Kier alpha value is -3.73. The van der Waals surface area contributed by atoms with Gasteiger partial charge in [0.1, 0.15) is 18.2 Å². The fourth-order valence-electron chi connectivity index (χ4n) is 3.03. The highest BCUT2D eigenvalue weighted by atomic mass is 19.1. The molecule has 3 aromatic carbocycles. The van der Waals surface area contributed by atoms with Crippen LogP contribution in [0.2, 0.25) is 0 Å². The van der Waals surface area contributed by atoms with E-state index >= 15 is 0 Å². The van der Waals surface area contributed by atoms with Gasteiger partial charge in [0, 0.05) is 5.69 Å². The minimum absolute atomic E-state index is 0.0749. The Balaban J connectivity index is 1.63. The fourth-order valence-corrected chi connectivity index (χ4v) is 3.03. The van der Waals surface area contributed by atoms with E-state index in [2.05, 4.69) is 10.3 Å². The van der Waals surface area contributed by atoms with Crippen molar-refractivity contribution in [2.45, 2.75) is 6.54 Å². The Morgan fingerprint density at radius 2 is 1.75 bits per heavy atom. The van der Waals surface area contributed by atoms with Gasteiger partial charge in [-0.2, -0.15) is 0 Å². The molecule has 4 nitrogen and oxygen atoms in total. The van der Waals surface area contributed by atoms with Crippen LogP contribution in [0, 0.1) is 5.82 Å². The summed E-state index contributed by atoms with van der Waals surface area (Å²) in [6.07, 6.45) is 3.85. The molecule has 0 atom stereocenters. The number of imidazole rings is 1. The van der Waals surface area contributed by atoms with E-state index < -0.39 is 5.82 Å². The maximum Gasteiger partial charge on any atom is 0.244 e. The molecule has 0 saturated carbocycles. The van der Waals surface area contributed by atoms with Crippen LogP contribution in [0.4, 0.5) is 10.1 Å². The topological polar surface area (TPSA) is 46.9 Å². The van der Waals surface area contributed by atoms with Gasteiger partial charge in [-0.3, -0.25) is 4.79 Å². The smallest absolute Gasteiger partial charge is 0.244 e. The highest BCUT2D eigenvalue weighted by Gasteiger charge is 2.12. The molecule has 0 aliphatic carbocycles. The minimum Gasteiger partial charge on any atom is -0.324 e. The Labute approximate surface area is 162 Å². The summed E-state index contributed by atoms with van der Waals surface area (Å²) in [5.41, 5.74) is 3.15. The highest BCUT2D eigenvalue weighted by Crippen LogP contribution is 2.19. The largest absolute Gasteiger partial charge is 0.324 e. The highest BCUT2D eigenvalue weighted by molar-refractivity contribution is 5.92. The SMILES string of the molecule is O=C(Cn1c(/C=C/c2ccccc2)nc2ccccc21)Nc1cccc(F)c1. The number of anilines is 1. The Kier molecular flexibility index (Phi) is 4.97. The summed E-state index contributed by atoms with van der Waals surface area (Å²) in [4.78, 5) is 17.2. The zero-order chi connectivity index (χ0) is 19.3. The molecule has 0 saturated heterocycles. The number of aromatic nitrogens is 2. The van der Waals surface area contributed by atoms with Gasteiger partial charge in [0.25, 0.3) is 0 Å². The minimum atomic E-state index is -0.391. The van der Waals surface area contributed by atoms with Crippen molar-refractivity contribution in [2.24, 2.45) is 0 Å². The van der Waals surface area contributed by atoms with Crippen LogP contribution in [-0.4, -0.2) is 15.5 Å². The zero-order valence-corrected chi connectivity index (χ0v) is 15.0. The van der Waals surface area contributed by atoms with Gasteiger partial charge in [0.05, 0.1) is 11.0 Å². The van der Waals surface area contributed by atoms with Crippen molar-refractivity contribution in [2.75, 3.05) is 5.32 Å². The summed E-state index contributed by atoms with van der Waals surface area (Å²) in [5.74, 6) is 0.0416. The Morgan fingerprint density at radius 1 is 0.964 bits per heavy atom. The van der Waals surface area contributed by atoms with Crippen molar-refractivity contribution in [3.05, 3.63) is 96.1 Å². The first kappa shape index (κ1) is 17.7. The summed E-state index contributed by atoms with van der Waals surface area (Å²) in [7, 11) is 0. The van der Waals surface area contributed by atoms with Crippen LogP contribution in [-0.2, 0) is 11.3 Å². The number of carbonyl (C=O) groups excluding carboxylic acids is 1. The molecule has 1 heterocycles. The number of fused-ring (bicyclic) bond motifs is 1. The Morgan fingerprint density at radius 3 is 2.57 bits per heavy atom. The molecule has 1 N–H and O–H groups in total. The van der Waals surface area contributed by atoms with Gasteiger partial charge in [-0.05, 0) is 42.0 Å². The van der Waals surface area contributed by atoms with Crippen molar-refractivity contribution in [3.63, 3.8) is 0 Å². The molecule has 4 rings (SSSR count). The third kappa shape index (κ3) is 3.99. The maximum absolute atomic E-state index is 13.4. The lowest BCUT2D eigenvalue weighted by atomic mass is 10.2. The van der Waals surface area contributed by atoms with Gasteiger partial charge in [-0.1, -0.05) is 54.6 Å². The lowest BCUT2D eigenvalue weighted by Gasteiger charge is -2.09. The quantitative estimate of drug-likeness (QED) is 0.538. The summed E-state index contributed by atoms with van der Waals surface area (Å²) in [6.45, 7) is 0.0749. The number of hydrogen-bond acceptors (Lipinski definition) is 2. The number of nitrogens with one attached hydrogen (secondary N) is 1. The molecule has 28 heavy (non-hydrogen) atoms. The summed E-state index contributed by atoms with van der Waals surface area (Å²) in [6, 6.07) is 23.4. The van der Waals surface area contributed by atoms with E-state index in [-0.39, 0.29) is 12.5 Å². The molecule has 0 radical (unpaired) electrons. The van der Waals surface area contributed by atoms with Crippen molar-refractivity contribution >= 4 is 34.8 Å². The van der Waals surface area contributed by atoms with E-state index in [1.54, 1.807) is 12.1 Å². The molecule has 0 unspecified atom stereocenters. The van der Waals surface area contributed by atoms with E-state index in [4.69, 9.17) is 0 Å². The molecule has 0 spiro atoms. The normalized spacial score (nSPS) is 11.2. The predicted octanol–water partition coefficient (Wildman–Crippen LogP) is 4.98. The van der Waals surface area contributed by atoms with E-state index in [1.807, 2.05) is 71.3 Å². The van der Waals surface area contributed by atoms with Crippen molar-refractivity contribution in [1.29, 1.82) is 0 Å². The van der Waals surface area contributed by atoms with Crippen molar-refractivity contribution in [1.82, 2.24) is 9.55 Å². The average Bonchev–Trinajstić information content (AvgIpc) is 3.05. The summed E-state index contributed by atoms with van der Waals surface area (Å²) in [5, 5.41) is 2.74. The number of benzene rings is 3. The maximum atomic E-state index is 13.4. The molecule has 0 aliphatic heterocycles. The van der Waals surface area contributed by atoms with Crippen LogP contribution >= 0.6 is 0 Å². The molecule has 138 valence electrons. The number of carbonyl (C=O) groups is 1. The average molecular weight is 371 g/mol. The van der Waals surface area contributed by atoms with E-state index in [1.165, 1.54) is 12.1 Å². The van der Waals surface area contributed by atoms with Gasteiger partial charge in [0.15, 0.2) is 0 Å². The van der Waals surface area contributed by atoms with E-state index in [0.29, 0.717) is 11.5 Å². The molecule has 0 aliphatic rings. The lowest BCUT2D eigenvalue weighted by Crippen LogP contribution is -2.19. The number of hydrogen-bond donors (Lipinski definition) is 1. The third-order valence-corrected chi connectivity index (χ3v) is 4.32. The number of halogens is 1. The predicted molar refractivity (Wildman–Crippen MR) is 110 cm³/mol. The molecule has 0 bridgehead atoms. The second-order valence-corrected chi connectivity index (χ2v) is 6.35. The van der Waals surface area contributed by atoms with Crippen molar-refractivity contribution in [3.8, 4) is 0 Å². The molecular formula is C23H18FN3O. The Bertz CT molecular complexity index is 1150. The van der Waals surface area contributed by atoms with Crippen LogP contribution in [0.15, 0.2) is 78.9 Å². The van der Waals surface area contributed by atoms with Crippen LogP contribution in [0.1, 0.15) is 11.4 Å². The first-order chi connectivity index (χ1) is 13.7. The van der Waals surface area contributed by atoms with Crippen LogP contribution in [0.25, 0.3) is 23.2 Å². The standard InChI is InChI=1S/C23H18FN3O/c24-18-9-6-10-19(15-18)25-23(28)16-27-21-12-5-4-11-20(21)26-22(27)14-13-17-7-2-1-3-8-17/h1-15H,16H2,(H,25,28)/b14-13+. The van der Waals surface area contributed by atoms with Crippen molar-refractivity contribution < 1.29 is 9.18 Å². The van der Waals surface area contributed by atoms with Crippen LogP contribution in [0.3, 0.4) is 0 Å². The first-order valence-corrected chi connectivity index (χ1v) is 8.93. The van der Waals surface area contributed by atoms with Gasteiger partial charge >= 0.3 is 0 Å². The van der Waals surface area contributed by atoms with E-state index in [0.717, 1.165) is 16.6 Å². The second-order valence-electron chi connectivity index (χ2n) is 6.35. The molecule has 1 aromatic heterocycles. The number of para-hydroxylation sites is 2. The summed E-state index contributed by atoms with van der Waals surface area (Å²) >= 11 is 0. The van der Waals surface area contributed by atoms with Gasteiger partial charge < -0.3 is 9.88 Å². The summed E-state index contributed by atoms with van der Waals surface area (Å²) < 4.78 is 15.2. The number of nitrogens with zero attached hydrogens (tertiary/aromatic N) is 2. The number of rotatable bonds is 5. The van der Waals surface area contributed by atoms with Gasteiger partial charge in [-0.25, -0.2) is 9.37 Å². The van der Waals surface area contributed by atoms with Crippen LogP contribution in [0.5, 0.6) is 0 Å². The molecule has 5 heteroatoms. The van der Waals surface area contributed by atoms with Gasteiger partial charge in [0.2, 0.25) is 5.91 Å². The fraction of sp³-hybridized carbons (Fsp3) is 0.0435. The lowest BCUT2D eigenvalue weighted by molar-refractivity contribution is -0.116. The first-order valence-electron chi connectivity index (χ1n) is 8.93. The second kappa shape index (κ2) is 7.88. The third-order valence-electron chi connectivity index (χ3n) is 4.32. The number of amides is 1. The molecular weight excluding hydrogens is 353 g/mol. The van der Waals surface area contributed by atoms with Crippen LogP contribution < -0.4 is 5.32 Å². The molecule has 1 amide bonds. The monoisotopic (exact) mass is 371 g/mol. The molecule has 0 fully saturated rings.